The zero-order valence-electron chi connectivity index (χ0n) is 19.5. The van der Waals surface area contributed by atoms with Gasteiger partial charge in [-0.25, -0.2) is 4.79 Å². The zero-order chi connectivity index (χ0) is 24.5. The van der Waals surface area contributed by atoms with Crippen molar-refractivity contribution < 1.29 is 9.53 Å². The predicted octanol–water partition coefficient (Wildman–Crippen LogP) is 6.96. The summed E-state index contributed by atoms with van der Waals surface area (Å²) in [5, 5.41) is 4.03. The van der Waals surface area contributed by atoms with Gasteiger partial charge in [-0.15, -0.1) is 0 Å². The predicted molar refractivity (Wildman–Crippen MR) is 143 cm³/mol. The van der Waals surface area contributed by atoms with Gasteiger partial charge in [-0.3, -0.25) is 4.99 Å². The van der Waals surface area contributed by atoms with Crippen molar-refractivity contribution in [3.8, 4) is 0 Å². The van der Waals surface area contributed by atoms with Crippen molar-refractivity contribution >= 4 is 29.0 Å². The van der Waals surface area contributed by atoms with Crippen molar-refractivity contribution in [3.05, 3.63) is 137 Å². The summed E-state index contributed by atoms with van der Waals surface area (Å²) in [6.45, 7) is 2.05. The molecule has 0 heterocycles. The number of nitrogens with one attached hydrogen (secondary N) is 1. The van der Waals surface area contributed by atoms with Gasteiger partial charge in [0.25, 0.3) is 0 Å². The number of rotatable bonds is 9. The Morgan fingerprint density at radius 2 is 1.31 bits per heavy atom. The second kappa shape index (κ2) is 12.0. The zero-order valence-corrected chi connectivity index (χ0v) is 20.2. The monoisotopic (exact) mass is 482 g/mol. The fourth-order valence-electron chi connectivity index (χ4n) is 3.89. The van der Waals surface area contributed by atoms with Crippen LogP contribution in [-0.4, -0.2) is 24.3 Å². The summed E-state index contributed by atoms with van der Waals surface area (Å²) in [5.74, 6) is -0.412. The highest BCUT2D eigenvalue weighted by Crippen LogP contribution is 2.30. The first-order valence-corrected chi connectivity index (χ1v) is 12.0. The Morgan fingerprint density at radius 1 is 0.800 bits per heavy atom. The Morgan fingerprint density at radius 3 is 1.86 bits per heavy atom. The van der Waals surface area contributed by atoms with Gasteiger partial charge in [0.05, 0.1) is 29.1 Å². The quantitative estimate of drug-likeness (QED) is 0.207. The lowest BCUT2D eigenvalue weighted by molar-refractivity contribution is -0.145. The van der Waals surface area contributed by atoms with Crippen LogP contribution in [0.5, 0.6) is 0 Å². The smallest absolute Gasteiger partial charge is 0.333 e. The van der Waals surface area contributed by atoms with E-state index in [0.29, 0.717) is 16.4 Å². The summed E-state index contributed by atoms with van der Waals surface area (Å²) in [6, 6.07) is 35.6. The molecule has 4 aromatic rings. The summed E-state index contributed by atoms with van der Waals surface area (Å²) >= 11 is 6.48. The normalized spacial score (nSPS) is 12.3. The van der Waals surface area contributed by atoms with Crippen LogP contribution in [0.3, 0.4) is 0 Å². The third-order valence-electron chi connectivity index (χ3n) is 5.55. The van der Waals surface area contributed by atoms with Gasteiger partial charge < -0.3 is 10.1 Å². The third-order valence-corrected chi connectivity index (χ3v) is 5.88. The molecule has 5 heteroatoms. The molecule has 176 valence electrons. The molecule has 0 aliphatic carbocycles. The summed E-state index contributed by atoms with van der Waals surface area (Å²) in [7, 11) is 0. The Hall–Kier alpha value is -3.89. The molecule has 2 atom stereocenters. The molecular weight excluding hydrogens is 456 g/mol. The SMILES string of the molecule is CCOC(=O)C(N=C(c1ccccc1)c1ccccc1)C(Nc1ccccc1Cl)c1ccccc1. The first-order chi connectivity index (χ1) is 17.2. The van der Waals surface area contributed by atoms with Crippen LogP contribution in [-0.2, 0) is 9.53 Å². The molecule has 0 fully saturated rings. The number of benzene rings is 4. The molecule has 2 unspecified atom stereocenters. The topological polar surface area (TPSA) is 50.7 Å². The van der Waals surface area contributed by atoms with Crippen molar-refractivity contribution in [2.24, 2.45) is 4.99 Å². The first-order valence-electron chi connectivity index (χ1n) is 11.6. The van der Waals surface area contributed by atoms with Gasteiger partial charge in [-0.1, -0.05) is 115 Å². The summed E-state index contributed by atoms with van der Waals surface area (Å²) in [4.78, 5) is 18.5. The van der Waals surface area contributed by atoms with Crippen LogP contribution in [0.15, 0.2) is 120 Å². The lowest BCUT2D eigenvalue weighted by atomic mass is 9.97. The maximum atomic E-state index is 13.4. The fraction of sp³-hybridized carbons (Fsp3) is 0.133. The molecular formula is C30H27ClN2O2. The van der Waals surface area contributed by atoms with Crippen LogP contribution < -0.4 is 5.32 Å². The second-order valence-electron chi connectivity index (χ2n) is 7.92. The Kier molecular flexibility index (Phi) is 8.31. The van der Waals surface area contributed by atoms with Crippen LogP contribution in [0.2, 0.25) is 5.02 Å². The molecule has 1 N–H and O–H groups in total. The minimum absolute atomic E-state index is 0.254. The molecule has 35 heavy (non-hydrogen) atoms. The van der Waals surface area contributed by atoms with Crippen LogP contribution in [0.25, 0.3) is 0 Å². The van der Waals surface area contributed by atoms with E-state index in [2.05, 4.69) is 5.32 Å². The molecule has 0 aliphatic heterocycles. The molecule has 0 bridgehead atoms. The highest BCUT2D eigenvalue weighted by Gasteiger charge is 2.32. The number of esters is 1. The number of carbonyl (C=O) groups excluding carboxylic acids is 1. The number of aliphatic imine (C=N–C) groups is 1. The van der Waals surface area contributed by atoms with Gasteiger partial charge in [0, 0.05) is 11.1 Å². The molecule has 0 spiro atoms. The van der Waals surface area contributed by atoms with E-state index in [1.807, 2.05) is 115 Å². The van der Waals surface area contributed by atoms with Crippen molar-refractivity contribution in [2.75, 3.05) is 11.9 Å². The lowest BCUT2D eigenvalue weighted by Gasteiger charge is -2.27. The van der Waals surface area contributed by atoms with E-state index in [1.165, 1.54) is 0 Å². The minimum atomic E-state index is -0.871. The molecule has 0 aromatic heterocycles. The molecule has 4 nitrogen and oxygen atoms in total. The van der Waals surface area contributed by atoms with Gasteiger partial charge in [-0.2, -0.15) is 0 Å². The third kappa shape index (κ3) is 6.17. The largest absolute Gasteiger partial charge is 0.464 e. The van der Waals surface area contributed by atoms with E-state index >= 15 is 0 Å². The summed E-state index contributed by atoms with van der Waals surface area (Å²) in [6.07, 6.45) is 0. The molecule has 0 radical (unpaired) electrons. The number of halogens is 1. The molecule has 4 aromatic carbocycles. The number of ether oxygens (including phenoxy) is 1. The maximum Gasteiger partial charge on any atom is 0.333 e. The van der Waals surface area contributed by atoms with Crippen LogP contribution in [0.1, 0.15) is 29.7 Å². The van der Waals surface area contributed by atoms with E-state index in [0.717, 1.165) is 16.7 Å². The molecule has 0 saturated carbocycles. The van der Waals surface area contributed by atoms with Crippen molar-refractivity contribution in [1.29, 1.82) is 0 Å². The van der Waals surface area contributed by atoms with Crippen LogP contribution >= 0.6 is 11.6 Å². The Bertz CT molecular complexity index is 1220. The van der Waals surface area contributed by atoms with E-state index in [4.69, 9.17) is 21.3 Å². The number of carbonyl (C=O) groups is 1. The fourth-order valence-corrected chi connectivity index (χ4v) is 4.08. The number of anilines is 1. The van der Waals surface area contributed by atoms with Gasteiger partial charge in [0.1, 0.15) is 0 Å². The van der Waals surface area contributed by atoms with Gasteiger partial charge in [-0.05, 0) is 24.6 Å². The highest BCUT2D eigenvalue weighted by molar-refractivity contribution is 6.33. The number of nitrogens with zero attached hydrogens (tertiary/aromatic N) is 1. The second-order valence-corrected chi connectivity index (χ2v) is 8.33. The molecule has 4 rings (SSSR count). The number of hydrogen-bond donors (Lipinski definition) is 1. The van der Waals surface area contributed by atoms with Crippen LogP contribution in [0, 0.1) is 0 Å². The van der Waals surface area contributed by atoms with E-state index < -0.39 is 18.1 Å². The van der Waals surface area contributed by atoms with E-state index in [-0.39, 0.29) is 6.61 Å². The van der Waals surface area contributed by atoms with Crippen LogP contribution in [0.4, 0.5) is 5.69 Å². The maximum absolute atomic E-state index is 13.4. The van der Waals surface area contributed by atoms with Gasteiger partial charge >= 0.3 is 5.97 Å². The minimum Gasteiger partial charge on any atom is -0.464 e. The lowest BCUT2D eigenvalue weighted by Crippen LogP contribution is -2.34. The Balaban J connectivity index is 1.88. The van der Waals surface area contributed by atoms with Crippen molar-refractivity contribution in [2.45, 2.75) is 19.0 Å². The Labute approximate surface area is 211 Å². The summed E-state index contributed by atoms with van der Waals surface area (Å²) in [5.41, 5.74) is 4.16. The summed E-state index contributed by atoms with van der Waals surface area (Å²) < 4.78 is 5.53. The highest BCUT2D eigenvalue weighted by atomic mass is 35.5. The van der Waals surface area contributed by atoms with Gasteiger partial charge in [0.2, 0.25) is 0 Å². The van der Waals surface area contributed by atoms with E-state index in [1.54, 1.807) is 6.92 Å². The average molecular weight is 483 g/mol. The molecule has 0 amide bonds. The van der Waals surface area contributed by atoms with E-state index in [9.17, 15) is 4.79 Å². The number of para-hydroxylation sites is 1. The average Bonchev–Trinajstić information content (AvgIpc) is 2.91. The van der Waals surface area contributed by atoms with Gasteiger partial charge in [0.15, 0.2) is 6.04 Å². The molecule has 0 aliphatic rings. The van der Waals surface area contributed by atoms with Crippen molar-refractivity contribution in [1.82, 2.24) is 0 Å². The number of hydrogen-bond acceptors (Lipinski definition) is 4. The van der Waals surface area contributed by atoms with Crippen molar-refractivity contribution in [3.63, 3.8) is 0 Å². The standard InChI is InChI=1S/C30H27ClN2O2/c1-2-35-30(34)29(33-27(22-14-6-3-7-15-22)23-16-8-4-9-17-23)28(24-18-10-5-11-19-24)32-26-21-13-12-20-25(26)31/h3-21,28-29,32H,2H2,1H3. The molecule has 0 saturated heterocycles. The first kappa shape index (κ1) is 24.2.